The third-order valence-corrected chi connectivity index (χ3v) is 4.27. The van der Waals surface area contributed by atoms with E-state index < -0.39 is 0 Å². The van der Waals surface area contributed by atoms with Gasteiger partial charge in [-0.15, -0.1) is 0 Å². The Bertz CT molecular complexity index is 421. The maximum Gasteiger partial charge on any atom is 0.128 e. The molecule has 1 fully saturated rings. The molecule has 2 nitrogen and oxygen atoms in total. The fourth-order valence-corrected chi connectivity index (χ4v) is 3.07. The summed E-state index contributed by atoms with van der Waals surface area (Å²) in [6.07, 6.45) is 5.61. The van der Waals surface area contributed by atoms with Crippen molar-refractivity contribution >= 4 is 15.9 Å². The Hall–Kier alpha value is -0.450. The summed E-state index contributed by atoms with van der Waals surface area (Å²) in [6.45, 7) is 3.91. The van der Waals surface area contributed by atoms with Crippen molar-refractivity contribution < 1.29 is 9.13 Å². The van der Waals surface area contributed by atoms with Crippen molar-refractivity contribution in [2.24, 2.45) is 0 Å². The maximum absolute atomic E-state index is 14.1. The Kier molecular flexibility index (Phi) is 6.46. The number of ether oxygens (including phenoxy) is 1. The zero-order valence-corrected chi connectivity index (χ0v) is 13.6. The van der Waals surface area contributed by atoms with Crippen LogP contribution in [0.2, 0.25) is 0 Å². The van der Waals surface area contributed by atoms with Crippen LogP contribution >= 0.6 is 15.9 Å². The number of nitrogens with one attached hydrogen (secondary N) is 1. The molecule has 2 rings (SSSR count). The minimum Gasteiger partial charge on any atom is -0.378 e. The SMILES string of the molecule is CCCNC(CCC1CCCO1)c1cc(Br)ccc1F. The van der Waals surface area contributed by atoms with Gasteiger partial charge in [0, 0.05) is 22.7 Å². The van der Waals surface area contributed by atoms with Crippen LogP contribution in [0.5, 0.6) is 0 Å². The quantitative estimate of drug-likeness (QED) is 0.781. The smallest absolute Gasteiger partial charge is 0.128 e. The molecule has 112 valence electrons. The molecule has 0 aliphatic carbocycles. The number of hydrogen-bond acceptors (Lipinski definition) is 2. The van der Waals surface area contributed by atoms with E-state index in [0.717, 1.165) is 55.3 Å². The Balaban J connectivity index is 2.02. The van der Waals surface area contributed by atoms with Crippen molar-refractivity contribution in [1.29, 1.82) is 0 Å². The molecule has 0 radical (unpaired) electrons. The maximum atomic E-state index is 14.1. The van der Waals surface area contributed by atoms with Gasteiger partial charge in [-0.1, -0.05) is 22.9 Å². The van der Waals surface area contributed by atoms with Crippen molar-refractivity contribution in [3.63, 3.8) is 0 Å². The third-order valence-electron chi connectivity index (χ3n) is 3.78. The second kappa shape index (κ2) is 8.11. The summed E-state index contributed by atoms with van der Waals surface area (Å²) in [7, 11) is 0. The standard InChI is InChI=1S/C16H23BrFNO/c1-2-9-19-16(8-6-13-4-3-10-20-13)14-11-12(17)5-7-15(14)18/h5,7,11,13,16,19H,2-4,6,8-10H2,1H3. The van der Waals surface area contributed by atoms with E-state index >= 15 is 0 Å². The van der Waals surface area contributed by atoms with Gasteiger partial charge < -0.3 is 10.1 Å². The number of halogens is 2. The van der Waals surface area contributed by atoms with Crippen LogP contribution in [0.25, 0.3) is 0 Å². The van der Waals surface area contributed by atoms with Gasteiger partial charge in [-0.3, -0.25) is 0 Å². The molecule has 0 bridgehead atoms. The van der Waals surface area contributed by atoms with Gasteiger partial charge in [0.25, 0.3) is 0 Å². The van der Waals surface area contributed by atoms with Crippen molar-refractivity contribution in [3.05, 3.63) is 34.1 Å². The highest BCUT2D eigenvalue weighted by molar-refractivity contribution is 9.10. The van der Waals surface area contributed by atoms with Crippen LogP contribution in [0.1, 0.15) is 50.6 Å². The number of rotatable bonds is 7. The summed E-state index contributed by atoms with van der Waals surface area (Å²) in [5, 5.41) is 3.46. The first-order valence-corrected chi connectivity index (χ1v) is 8.30. The summed E-state index contributed by atoms with van der Waals surface area (Å²) < 4.78 is 20.6. The monoisotopic (exact) mass is 343 g/mol. The lowest BCUT2D eigenvalue weighted by Crippen LogP contribution is -2.24. The molecule has 1 aliphatic heterocycles. The van der Waals surface area contributed by atoms with E-state index in [9.17, 15) is 4.39 Å². The van der Waals surface area contributed by atoms with Crippen molar-refractivity contribution in [2.75, 3.05) is 13.2 Å². The van der Waals surface area contributed by atoms with Gasteiger partial charge >= 0.3 is 0 Å². The van der Waals surface area contributed by atoms with Crippen molar-refractivity contribution in [1.82, 2.24) is 5.32 Å². The minimum atomic E-state index is -0.130. The Labute approximate surface area is 129 Å². The van der Waals surface area contributed by atoms with Crippen molar-refractivity contribution in [2.45, 2.75) is 51.2 Å². The highest BCUT2D eigenvalue weighted by Crippen LogP contribution is 2.27. The van der Waals surface area contributed by atoms with E-state index in [1.54, 1.807) is 6.07 Å². The average molecular weight is 344 g/mol. The number of benzene rings is 1. The molecule has 1 aromatic rings. The number of hydrogen-bond donors (Lipinski definition) is 1. The molecule has 4 heteroatoms. The van der Waals surface area contributed by atoms with Crippen LogP contribution in [0.15, 0.2) is 22.7 Å². The predicted molar refractivity (Wildman–Crippen MR) is 83.3 cm³/mol. The largest absolute Gasteiger partial charge is 0.378 e. The molecule has 0 amide bonds. The first-order chi connectivity index (χ1) is 9.70. The van der Waals surface area contributed by atoms with Gasteiger partial charge in [0.1, 0.15) is 5.82 Å². The van der Waals surface area contributed by atoms with Crippen LogP contribution < -0.4 is 5.32 Å². The molecular formula is C16H23BrFNO. The second-order valence-electron chi connectivity index (χ2n) is 5.38. The van der Waals surface area contributed by atoms with Crippen LogP contribution in [-0.2, 0) is 4.74 Å². The molecule has 1 aliphatic rings. The predicted octanol–water partition coefficient (Wildman–Crippen LogP) is 4.59. The van der Waals surface area contributed by atoms with Crippen LogP contribution in [0, 0.1) is 5.82 Å². The molecule has 1 saturated heterocycles. The van der Waals surface area contributed by atoms with Gasteiger partial charge in [0.15, 0.2) is 0 Å². The second-order valence-corrected chi connectivity index (χ2v) is 6.30. The summed E-state index contributed by atoms with van der Waals surface area (Å²) in [5.41, 5.74) is 0.755. The highest BCUT2D eigenvalue weighted by atomic mass is 79.9. The zero-order valence-electron chi connectivity index (χ0n) is 12.0. The molecule has 2 unspecified atom stereocenters. The molecule has 2 atom stereocenters. The first kappa shape index (κ1) is 15.9. The topological polar surface area (TPSA) is 21.3 Å². The van der Waals surface area contributed by atoms with E-state index in [1.165, 1.54) is 6.07 Å². The molecule has 0 aromatic heterocycles. The summed E-state index contributed by atoms with van der Waals surface area (Å²) in [6, 6.07) is 5.23. The van der Waals surface area contributed by atoms with Gasteiger partial charge in [0.05, 0.1) is 6.10 Å². The molecule has 1 N–H and O–H groups in total. The summed E-state index contributed by atoms with van der Waals surface area (Å²) >= 11 is 3.43. The Morgan fingerprint density at radius 2 is 2.35 bits per heavy atom. The molecule has 20 heavy (non-hydrogen) atoms. The molecule has 1 heterocycles. The lowest BCUT2D eigenvalue weighted by atomic mass is 9.98. The molecule has 0 spiro atoms. The van der Waals surface area contributed by atoms with Gasteiger partial charge in [-0.25, -0.2) is 4.39 Å². The average Bonchev–Trinajstić information content (AvgIpc) is 2.95. The first-order valence-electron chi connectivity index (χ1n) is 7.50. The Morgan fingerprint density at radius 3 is 3.05 bits per heavy atom. The summed E-state index contributed by atoms with van der Waals surface area (Å²) in [4.78, 5) is 0. The molecule has 0 saturated carbocycles. The van der Waals surface area contributed by atoms with E-state index in [0.29, 0.717) is 6.10 Å². The van der Waals surface area contributed by atoms with Crippen LogP contribution in [-0.4, -0.2) is 19.3 Å². The minimum absolute atomic E-state index is 0.0663. The van der Waals surface area contributed by atoms with Gasteiger partial charge in [0.2, 0.25) is 0 Å². The fourth-order valence-electron chi connectivity index (χ4n) is 2.69. The van der Waals surface area contributed by atoms with Crippen molar-refractivity contribution in [3.8, 4) is 0 Å². The molecule has 1 aromatic carbocycles. The third kappa shape index (κ3) is 4.54. The Morgan fingerprint density at radius 1 is 1.50 bits per heavy atom. The summed E-state index contributed by atoms with van der Waals surface area (Å²) in [5.74, 6) is -0.130. The van der Waals surface area contributed by atoms with Crippen LogP contribution in [0.3, 0.4) is 0 Å². The lowest BCUT2D eigenvalue weighted by molar-refractivity contribution is 0.0994. The van der Waals surface area contributed by atoms with Crippen LogP contribution in [0.4, 0.5) is 4.39 Å². The fraction of sp³-hybridized carbons (Fsp3) is 0.625. The highest BCUT2D eigenvalue weighted by Gasteiger charge is 2.20. The molecular weight excluding hydrogens is 321 g/mol. The lowest BCUT2D eigenvalue weighted by Gasteiger charge is -2.21. The van der Waals surface area contributed by atoms with Gasteiger partial charge in [-0.05, 0) is 56.8 Å². The zero-order chi connectivity index (χ0) is 14.4. The van der Waals surface area contributed by atoms with E-state index in [-0.39, 0.29) is 11.9 Å². The van der Waals surface area contributed by atoms with E-state index in [2.05, 4.69) is 28.2 Å². The van der Waals surface area contributed by atoms with Gasteiger partial charge in [-0.2, -0.15) is 0 Å². The normalized spacial score (nSPS) is 20.2. The van der Waals surface area contributed by atoms with E-state index in [4.69, 9.17) is 4.74 Å². The van der Waals surface area contributed by atoms with E-state index in [1.807, 2.05) is 6.07 Å².